The predicted molar refractivity (Wildman–Crippen MR) is 152 cm³/mol. The summed E-state index contributed by atoms with van der Waals surface area (Å²) >= 11 is 0. The summed E-state index contributed by atoms with van der Waals surface area (Å²) in [5.41, 5.74) is 5.16. The summed E-state index contributed by atoms with van der Waals surface area (Å²) in [4.78, 5) is 14.1. The lowest BCUT2D eigenvalue weighted by molar-refractivity contribution is 0.122. The van der Waals surface area contributed by atoms with E-state index in [-0.39, 0.29) is 5.92 Å². The van der Waals surface area contributed by atoms with Crippen LogP contribution in [0.25, 0.3) is 16.6 Å². The molecule has 0 bridgehead atoms. The molecule has 2 unspecified atom stereocenters. The highest BCUT2D eigenvalue weighted by Gasteiger charge is 2.30. The van der Waals surface area contributed by atoms with Crippen molar-refractivity contribution in [2.45, 2.75) is 46.3 Å². The lowest BCUT2D eigenvalue weighted by Crippen LogP contribution is -2.56. The minimum Gasteiger partial charge on any atom is -0.481 e. The Labute approximate surface area is 229 Å². The molecule has 0 aromatic carbocycles. The Morgan fingerprint density at radius 2 is 1.85 bits per heavy atom. The SMILES string of the molecule is COc1ccc(CN2C(C)CN(c3ccc(-c4cc(C#CC(C)C)cn5ncc(C#N)c45)cn3)CC2C)cn1. The molecule has 5 rings (SSSR count). The fourth-order valence-electron chi connectivity index (χ4n) is 5.14. The van der Waals surface area contributed by atoms with Crippen LogP contribution < -0.4 is 9.64 Å². The van der Waals surface area contributed by atoms with Gasteiger partial charge in [0.2, 0.25) is 5.88 Å². The van der Waals surface area contributed by atoms with E-state index in [1.807, 2.05) is 30.7 Å². The van der Waals surface area contributed by atoms with Gasteiger partial charge < -0.3 is 9.64 Å². The first-order chi connectivity index (χ1) is 18.9. The Hall–Kier alpha value is -4.40. The molecule has 198 valence electrons. The number of ether oxygens (including phenoxy) is 1. The normalized spacial score (nSPS) is 17.6. The number of fused-ring (bicyclic) bond motifs is 1. The Balaban J connectivity index is 1.37. The number of hydrogen-bond donors (Lipinski definition) is 0. The summed E-state index contributed by atoms with van der Waals surface area (Å²) < 4.78 is 6.94. The Kier molecular flexibility index (Phi) is 7.49. The standard InChI is InChI=1S/C31H33N7O/c1-21(2)6-7-24-12-28(31-27(13-32)16-35-38(31)20-24)26-9-10-29(33-15-26)36-17-22(3)37(23(4)18-36)19-25-8-11-30(39-5)34-14-25/h8-12,14-16,20-23H,17-19H2,1-5H3. The quantitative estimate of drug-likeness (QED) is 0.351. The second-order valence-electron chi connectivity index (χ2n) is 10.4. The molecule has 4 aromatic heterocycles. The maximum atomic E-state index is 9.68. The molecule has 0 N–H and O–H groups in total. The topological polar surface area (TPSA) is 82.6 Å². The third-order valence-electron chi connectivity index (χ3n) is 7.09. The van der Waals surface area contributed by atoms with Crippen LogP contribution in [0.3, 0.4) is 0 Å². The minimum absolute atomic E-state index is 0.260. The second kappa shape index (κ2) is 11.1. The first kappa shape index (κ1) is 26.2. The number of nitriles is 1. The van der Waals surface area contributed by atoms with Crippen LogP contribution in [0, 0.1) is 29.1 Å². The maximum absolute atomic E-state index is 9.68. The summed E-state index contributed by atoms with van der Waals surface area (Å²) in [5.74, 6) is 8.29. The number of methoxy groups -OCH3 is 1. The third-order valence-corrected chi connectivity index (χ3v) is 7.09. The number of pyridine rings is 3. The van der Waals surface area contributed by atoms with E-state index in [4.69, 9.17) is 9.72 Å². The number of aromatic nitrogens is 4. The Bertz CT molecular complexity index is 1540. The molecular formula is C31H33N7O. The van der Waals surface area contributed by atoms with E-state index in [0.29, 0.717) is 23.5 Å². The van der Waals surface area contributed by atoms with E-state index in [1.54, 1.807) is 17.8 Å². The van der Waals surface area contributed by atoms with E-state index in [2.05, 4.69) is 83.7 Å². The highest BCUT2D eigenvalue weighted by atomic mass is 16.5. The summed E-state index contributed by atoms with van der Waals surface area (Å²) in [5, 5.41) is 14.1. The fraction of sp³-hybridized carbons (Fsp3) is 0.355. The Morgan fingerprint density at radius 3 is 2.46 bits per heavy atom. The number of nitrogens with zero attached hydrogens (tertiary/aromatic N) is 7. The van der Waals surface area contributed by atoms with Gasteiger partial charge in [-0.25, -0.2) is 14.5 Å². The molecule has 5 heterocycles. The monoisotopic (exact) mass is 519 g/mol. The van der Waals surface area contributed by atoms with Gasteiger partial charge in [-0.2, -0.15) is 10.4 Å². The molecule has 8 nitrogen and oxygen atoms in total. The maximum Gasteiger partial charge on any atom is 0.212 e. The lowest BCUT2D eigenvalue weighted by Gasteiger charge is -2.45. The van der Waals surface area contributed by atoms with Crippen molar-refractivity contribution >= 4 is 11.3 Å². The molecule has 39 heavy (non-hydrogen) atoms. The largest absolute Gasteiger partial charge is 0.481 e. The van der Waals surface area contributed by atoms with Gasteiger partial charge in [-0.3, -0.25) is 4.90 Å². The van der Waals surface area contributed by atoms with Crippen molar-refractivity contribution < 1.29 is 4.74 Å². The van der Waals surface area contributed by atoms with Crippen LogP contribution in [0.1, 0.15) is 44.4 Å². The highest BCUT2D eigenvalue weighted by molar-refractivity contribution is 5.85. The van der Waals surface area contributed by atoms with Gasteiger partial charge in [-0.1, -0.05) is 31.8 Å². The molecule has 2 atom stereocenters. The van der Waals surface area contributed by atoms with E-state index >= 15 is 0 Å². The Morgan fingerprint density at radius 1 is 1.05 bits per heavy atom. The molecule has 1 aliphatic rings. The molecular weight excluding hydrogens is 486 g/mol. The zero-order chi connectivity index (χ0) is 27.5. The number of piperazine rings is 1. The average Bonchev–Trinajstić information content (AvgIpc) is 3.37. The van der Waals surface area contributed by atoms with Crippen LogP contribution in [-0.4, -0.2) is 56.8 Å². The molecule has 8 heteroatoms. The van der Waals surface area contributed by atoms with E-state index in [9.17, 15) is 5.26 Å². The fourth-order valence-corrected chi connectivity index (χ4v) is 5.14. The van der Waals surface area contributed by atoms with Crippen molar-refractivity contribution in [3.63, 3.8) is 0 Å². The molecule has 1 aliphatic heterocycles. The molecule has 0 radical (unpaired) electrons. The zero-order valence-corrected chi connectivity index (χ0v) is 23.1. The molecule has 4 aromatic rings. The summed E-state index contributed by atoms with van der Waals surface area (Å²) in [7, 11) is 1.63. The number of rotatable bonds is 5. The molecule has 0 saturated carbocycles. The first-order valence-electron chi connectivity index (χ1n) is 13.2. The van der Waals surface area contributed by atoms with Crippen molar-refractivity contribution in [3.8, 4) is 34.9 Å². The van der Waals surface area contributed by atoms with Gasteiger partial charge in [-0.15, -0.1) is 0 Å². The van der Waals surface area contributed by atoms with Gasteiger partial charge in [0.1, 0.15) is 11.9 Å². The smallest absolute Gasteiger partial charge is 0.212 e. The summed E-state index contributed by atoms with van der Waals surface area (Å²) in [6.07, 6.45) is 7.26. The summed E-state index contributed by atoms with van der Waals surface area (Å²) in [6, 6.07) is 13.1. The number of anilines is 1. The molecule has 1 saturated heterocycles. The van der Waals surface area contributed by atoms with Gasteiger partial charge in [0.05, 0.1) is 24.4 Å². The van der Waals surface area contributed by atoms with Crippen molar-refractivity contribution in [1.29, 1.82) is 5.26 Å². The van der Waals surface area contributed by atoms with E-state index in [1.165, 1.54) is 5.56 Å². The van der Waals surface area contributed by atoms with Crippen LogP contribution in [0.4, 0.5) is 5.82 Å². The van der Waals surface area contributed by atoms with Crippen molar-refractivity contribution in [2.75, 3.05) is 25.1 Å². The van der Waals surface area contributed by atoms with Crippen LogP contribution >= 0.6 is 0 Å². The van der Waals surface area contributed by atoms with Crippen molar-refractivity contribution in [2.24, 2.45) is 5.92 Å². The number of hydrogen-bond acceptors (Lipinski definition) is 7. The van der Waals surface area contributed by atoms with Crippen LogP contribution in [-0.2, 0) is 6.54 Å². The van der Waals surface area contributed by atoms with Gasteiger partial charge >= 0.3 is 0 Å². The van der Waals surface area contributed by atoms with Crippen LogP contribution in [0.5, 0.6) is 5.88 Å². The van der Waals surface area contributed by atoms with E-state index in [0.717, 1.165) is 47.7 Å². The summed E-state index contributed by atoms with van der Waals surface area (Å²) in [6.45, 7) is 11.3. The minimum atomic E-state index is 0.260. The first-order valence-corrected chi connectivity index (χ1v) is 13.2. The van der Waals surface area contributed by atoms with Crippen molar-refractivity contribution in [1.82, 2.24) is 24.5 Å². The molecule has 0 amide bonds. The lowest BCUT2D eigenvalue weighted by atomic mass is 10.0. The predicted octanol–water partition coefficient (Wildman–Crippen LogP) is 4.78. The zero-order valence-electron chi connectivity index (χ0n) is 23.1. The molecule has 0 aliphatic carbocycles. The van der Waals surface area contributed by atoms with Crippen molar-refractivity contribution in [3.05, 3.63) is 71.8 Å². The van der Waals surface area contributed by atoms with Crippen LogP contribution in [0.2, 0.25) is 0 Å². The molecule has 0 spiro atoms. The second-order valence-corrected chi connectivity index (χ2v) is 10.4. The third kappa shape index (κ3) is 5.57. The molecule has 1 fully saturated rings. The van der Waals surface area contributed by atoms with Gasteiger partial charge in [0.15, 0.2) is 0 Å². The van der Waals surface area contributed by atoms with Gasteiger partial charge in [-0.05, 0) is 37.6 Å². The van der Waals surface area contributed by atoms with Crippen LogP contribution in [0.15, 0.2) is 55.1 Å². The van der Waals surface area contributed by atoms with Gasteiger partial charge in [0, 0.05) is 79.0 Å². The van der Waals surface area contributed by atoms with E-state index < -0.39 is 0 Å². The highest BCUT2D eigenvalue weighted by Crippen LogP contribution is 2.30. The average molecular weight is 520 g/mol. The van der Waals surface area contributed by atoms with Gasteiger partial charge in [0.25, 0.3) is 0 Å².